The van der Waals surface area contributed by atoms with Crippen LogP contribution in [0.1, 0.15) is 48.0 Å². The Morgan fingerprint density at radius 1 is 0.621 bits per heavy atom. The van der Waals surface area contributed by atoms with Gasteiger partial charge < -0.3 is 19.6 Å². The van der Waals surface area contributed by atoms with Crippen LogP contribution in [-0.2, 0) is 0 Å². The third-order valence-electron chi connectivity index (χ3n) is 6.56. The maximum Gasteiger partial charge on any atom is 0.0990 e. The Morgan fingerprint density at radius 3 is 1.31 bits per heavy atom. The molecule has 2 heterocycles. The van der Waals surface area contributed by atoms with E-state index in [9.17, 15) is 0 Å². The van der Waals surface area contributed by atoms with E-state index in [-0.39, 0.29) is 0 Å². The molecule has 2 aliphatic heterocycles. The van der Waals surface area contributed by atoms with Crippen LogP contribution in [0.5, 0.6) is 0 Å². The fourth-order valence-electron chi connectivity index (χ4n) is 5.40. The van der Waals surface area contributed by atoms with Gasteiger partial charge in [-0.15, -0.1) is 0 Å². The van der Waals surface area contributed by atoms with Crippen LogP contribution in [-0.4, -0.2) is 37.5 Å². The number of anilines is 4. The lowest BCUT2D eigenvalue weighted by molar-refractivity contribution is 0.541. The minimum atomic E-state index is 0.405. The summed E-state index contributed by atoms with van der Waals surface area (Å²) in [6.45, 7) is 16.0. The van der Waals surface area contributed by atoms with Crippen molar-refractivity contribution in [1.29, 1.82) is 0 Å². The van der Waals surface area contributed by atoms with Gasteiger partial charge in [0.05, 0.1) is 35.1 Å². The molecule has 0 amide bonds. The minimum Gasteiger partial charge on any atom is -0.350 e. The van der Waals surface area contributed by atoms with Crippen LogP contribution < -0.4 is 19.6 Å². The zero-order chi connectivity index (χ0) is 20.7. The second-order valence-electron chi connectivity index (χ2n) is 8.98. The first kappa shape index (κ1) is 19.9. The maximum absolute atomic E-state index is 2.59. The summed E-state index contributed by atoms with van der Waals surface area (Å²) in [5.41, 5.74) is 5.52. The van der Waals surface area contributed by atoms with Gasteiger partial charge >= 0.3 is 0 Å². The van der Waals surface area contributed by atoms with Crippen LogP contribution in [0.2, 0.25) is 0 Å². The van der Waals surface area contributed by atoms with Crippen molar-refractivity contribution < 1.29 is 0 Å². The molecule has 29 heavy (non-hydrogen) atoms. The average molecular weight is 393 g/mol. The number of rotatable bonds is 6. The molecule has 0 aliphatic carbocycles. The first-order valence-electron chi connectivity index (χ1n) is 11.2. The normalized spacial score (nSPS) is 20.8. The molecule has 0 N–H and O–H groups in total. The van der Waals surface area contributed by atoms with Crippen molar-refractivity contribution in [3.05, 3.63) is 48.5 Å². The molecular formula is C25H36N4. The van der Waals surface area contributed by atoms with Crippen molar-refractivity contribution in [3.63, 3.8) is 0 Å². The molecule has 0 fully saturated rings. The lowest BCUT2D eigenvalue weighted by Crippen LogP contribution is -2.47. The maximum atomic E-state index is 2.59. The third-order valence-corrected chi connectivity index (χ3v) is 6.56. The highest BCUT2D eigenvalue weighted by molar-refractivity contribution is 5.79. The summed E-state index contributed by atoms with van der Waals surface area (Å²) in [5.74, 6) is 0. The predicted molar refractivity (Wildman–Crippen MR) is 126 cm³/mol. The molecule has 0 saturated carbocycles. The second kappa shape index (κ2) is 7.81. The van der Waals surface area contributed by atoms with Crippen LogP contribution in [0, 0.1) is 0 Å². The Hall–Kier alpha value is -2.36. The Balaban J connectivity index is 1.48. The van der Waals surface area contributed by atoms with Crippen molar-refractivity contribution in [2.45, 2.75) is 72.4 Å². The van der Waals surface area contributed by atoms with Crippen LogP contribution >= 0.6 is 0 Å². The molecule has 4 rings (SSSR count). The Bertz CT molecular complexity index is 777. The Morgan fingerprint density at radius 2 is 0.966 bits per heavy atom. The van der Waals surface area contributed by atoms with E-state index in [1.807, 2.05) is 0 Å². The van der Waals surface area contributed by atoms with Gasteiger partial charge in [-0.2, -0.15) is 0 Å². The largest absolute Gasteiger partial charge is 0.350 e. The van der Waals surface area contributed by atoms with Gasteiger partial charge in [0, 0.05) is 25.2 Å². The van der Waals surface area contributed by atoms with Gasteiger partial charge in [0.25, 0.3) is 0 Å². The summed E-state index contributed by atoms with van der Waals surface area (Å²) in [4.78, 5) is 10.3. The van der Waals surface area contributed by atoms with E-state index in [1.54, 1.807) is 0 Å². The standard InChI is InChI=1S/C25H36N4/c1-18(2)28-20(5)26(22-12-7-9-14-24(22)28)16-11-17-27-21(6)29(19(3)4)25-15-10-8-13-23(25)27/h7-10,12-15,18-21H,11,16-17H2,1-6H3. The highest BCUT2D eigenvalue weighted by atomic mass is 15.4. The van der Waals surface area contributed by atoms with E-state index in [2.05, 4.69) is 110 Å². The number of hydrogen-bond acceptors (Lipinski definition) is 4. The zero-order valence-corrected chi connectivity index (χ0v) is 18.8. The molecular weight excluding hydrogens is 356 g/mol. The topological polar surface area (TPSA) is 13.0 Å². The van der Waals surface area contributed by atoms with Gasteiger partial charge in [0.2, 0.25) is 0 Å². The molecule has 2 aromatic carbocycles. The second-order valence-corrected chi connectivity index (χ2v) is 8.98. The lowest BCUT2D eigenvalue weighted by atomic mass is 10.2. The monoisotopic (exact) mass is 392 g/mol. The smallest absolute Gasteiger partial charge is 0.0990 e. The van der Waals surface area contributed by atoms with Gasteiger partial charge in [-0.1, -0.05) is 24.3 Å². The highest BCUT2D eigenvalue weighted by Crippen LogP contribution is 2.42. The number of para-hydroxylation sites is 4. The predicted octanol–water partition coefficient (Wildman–Crippen LogP) is 5.54. The Labute approximate surface area is 176 Å². The summed E-state index contributed by atoms with van der Waals surface area (Å²) in [6.07, 6.45) is 1.96. The molecule has 0 aromatic heterocycles. The minimum absolute atomic E-state index is 0.405. The number of hydrogen-bond donors (Lipinski definition) is 0. The summed E-state index contributed by atoms with van der Waals surface area (Å²) < 4.78 is 0. The molecule has 2 atom stereocenters. The third kappa shape index (κ3) is 3.33. The molecule has 2 aromatic rings. The first-order valence-corrected chi connectivity index (χ1v) is 11.2. The number of nitrogens with zero attached hydrogens (tertiary/aromatic N) is 4. The van der Waals surface area contributed by atoms with Crippen molar-refractivity contribution in [3.8, 4) is 0 Å². The van der Waals surface area contributed by atoms with Gasteiger partial charge in [0.1, 0.15) is 0 Å². The van der Waals surface area contributed by atoms with E-state index in [4.69, 9.17) is 0 Å². The zero-order valence-electron chi connectivity index (χ0n) is 18.8. The SMILES string of the molecule is CC(C)N1c2ccccc2N(CCCN2c3ccccc3N(C(C)C)C2C)C1C. The summed E-state index contributed by atoms with van der Waals surface area (Å²) in [7, 11) is 0. The van der Waals surface area contributed by atoms with Gasteiger partial charge in [-0.25, -0.2) is 0 Å². The molecule has 156 valence electrons. The average Bonchev–Trinajstić information content (AvgIpc) is 3.13. The van der Waals surface area contributed by atoms with Gasteiger partial charge in [-0.05, 0) is 72.2 Å². The molecule has 0 saturated heterocycles. The molecule has 0 bridgehead atoms. The van der Waals surface area contributed by atoms with Crippen LogP contribution in [0.25, 0.3) is 0 Å². The summed E-state index contributed by atoms with van der Waals surface area (Å²) in [6, 6.07) is 18.8. The van der Waals surface area contributed by atoms with Crippen molar-refractivity contribution in [2.75, 3.05) is 32.7 Å². The van der Waals surface area contributed by atoms with Gasteiger partial charge in [0.15, 0.2) is 0 Å². The van der Waals surface area contributed by atoms with Crippen molar-refractivity contribution >= 4 is 22.7 Å². The first-order chi connectivity index (χ1) is 13.9. The van der Waals surface area contributed by atoms with Crippen LogP contribution in [0.4, 0.5) is 22.7 Å². The molecule has 0 radical (unpaired) electrons. The van der Waals surface area contributed by atoms with E-state index in [0.29, 0.717) is 24.4 Å². The van der Waals surface area contributed by atoms with Gasteiger partial charge in [-0.3, -0.25) is 0 Å². The lowest BCUT2D eigenvalue weighted by Gasteiger charge is -2.35. The van der Waals surface area contributed by atoms with Crippen LogP contribution in [0.3, 0.4) is 0 Å². The molecule has 0 spiro atoms. The molecule has 2 aliphatic rings. The molecule has 2 unspecified atom stereocenters. The van der Waals surface area contributed by atoms with Crippen molar-refractivity contribution in [2.24, 2.45) is 0 Å². The Kier molecular flexibility index (Phi) is 5.37. The molecule has 4 nitrogen and oxygen atoms in total. The van der Waals surface area contributed by atoms with E-state index >= 15 is 0 Å². The fourth-order valence-corrected chi connectivity index (χ4v) is 5.40. The van der Waals surface area contributed by atoms with E-state index in [0.717, 1.165) is 19.5 Å². The number of benzene rings is 2. The van der Waals surface area contributed by atoms with Crippen LogP contribution in [0.15, 0.2) is 48.5 Å². The quantitative estimate of drug-likeness (QED) is 0.640. The number of fused-ring (bicyclic) bond motifs is 2. The molecule has 4 heteroatoms. The highest BCUT2D eigenvalue weighted by Gasteiger charge is 2.35. The summed E-state index contributed by atoms with van der Waals surface area (Å²) in [5, 5.41) is 0. The van der Waals surface area contributed by atoms with E-state index in [1.165, 1.54) is 22.7 Å². The fraction of sp³-hybridized carbons (Fsp3) is 0.520. The van der Waals surface area contributed by atoms with Crippen molar-refractivity contribution in [1.82, 2.24) is 0 Å². The summed E-state index contributed by atoms with van der Waals surface area (Å²) >= 11 is 0. The van der Waals surface area contributed by atoms with E-state index < -0.39 is 0 Å².